The number of rotatable bonds is 5. The topological polar surface area (TPSA) is 55.8 Å². The third-order valence-electron chi connectivity index (χ3n) is 5.78. The van der Waals surface area contributed by atoms with Crippen LogP contribution in [0.5, 0.6) is 17.2 Å². The lowest BCUT2D eigenvalue weighted by Gasteiger charge is -2.14. The second kappa shape index (κ2) is 9.12. The molecule has 5 aromatic rings. The molecule has 0 radical (unpaired) electrons. The van der Waals surface area contributed by atoms with Gasteiger partial charge in [-0.25, -0.2) is 4.79 Å². The molecule has 0 bridgehead atoms. The zero-order chi connectivity index (χ0) is 23.5. The van der Waals surface area contributed by atoms with Crippen LogP contribution in [0.25, 0.3) is 38.7 Å². The smallest absolute Gasteiger partial charge is 0.336 e. The molecular weight excluding hydrogens is 424 g/mol. The fourth-order valence-corrected chi connectivity index (χ4v) is 4.18. The maximum absolute atomic E-state index is 12.7. The molecule has 0 amide bonds. The number of carbonyl (C=O) groups is 1. The number of benzene rings is 5. The number of esters is 1. The van der Waals surface area contributed by atoms with Crippen LogP contribution < -0.4 is 9.47 Å². The van der Waals surface area contributed by atoms with Crippen molar-refractivity contribution in [1.29, 1.82) is 0 Å². The first-order chi connectivity index (χ1) is 16.6. The summed E-state index contributed by atoms with van der Waals surface area (Å²) in [5, 5.41) is 14.1. The first kappa shape index (κ1) is 21.3. The summed E-state index contributed by atoms with van der Waals surface area (Å²) < 4.78 is 11.0. The van der Waals surface area contributed by atoms with E-state index in [9.17, 15) is 9.90 Å². The fourth-order valence-electron chi connectivity index (χ4n) is 4.18. The second-order valence-electron chi connectivity index (χ2n) is 7.87. The zero-order valence-corrected chi connectivity index (χ0v) is 18.6. The molecule has 0 aromatic heterocycles. The number of carbonyl (C=O) groups excluding carboxylic acids is 1. The van der Waals surface area contributed by atoms with Gasteiger partial charge in [-0.3, -0.25) is 0 Å². The van der Waals surface area contributed by atoms with Crippen LogP contribution in [-0.4, -0.2) is 18.2 Å². The van der Waals surface area contributed by atoms with E-state index in [0.717, 1.165) is 44.0 Å². The van der Waals surface area contributed by atoms with Gasteiger partial charge in [0.1, 0.15) is 17.2 Å². The molecule has 0 saturated carbocycles. The van der Waals surface area contributed by atoms with Crippen LogP contribution in [0.3, 0.4) is 0 Å². The maximum Gasteiger partial charge on any atom is 0.336 e. The second-order valence-corrected chi connectivity index (χ2v) is 7.87. The molecule has 34 heavy (non-hydrogen) atoms. The van der Waals surface area contributed by atoms with Crippen LogP contribution >= 0.6 is 0 Å². The number of phenolic OH excluding ortho intramolecular Hbond substituents is 1. The summed E-state index contributed by atoms with van der Waals surface area (Å²) in [6.45, 7) is 0. The van der Waals surface area contributed by atoms with Crippen molar-refractivity contribution in [1.82, 2.24) is 0 Å². The Labute approximate surface area is 197 Å². The van der Waals surface area contributed by atoms with Crippen molar-refractivity contribution in [2.75, 3.05) is 7.11 Å². The highest BCUT2D eigenvalue weighted by Gasteiger charge is 2.15. The quantitative estimate of drug-likeness (QED) is 0.180. The Morgan fingerprint density at radius 2 is 1.32 bits per heavy atom. The van der Waals surface area contributed by atoms with Gasteiger partial charge in [-0.15, -0.1) is 0 Å². The lowest BCUT2D eigenvalue weighted by molar-refractivity contribution is -0.128. The summed E-state index contributed by atoms with van der Waals surface area (Å²) in [6, 6.07) is 30.3. The Bertz CT molecular complexity index is 1520. The Morgan fingerprint density at radius 3 is 2.00 bits per heavy atom. The zero-order valence-electron chi connectivity index (χ0n) is 18.6. The molecule has 0 aliphatic carbocycles. The molecule has 0 unspecified atom stereocenters. The van der Waals surface area contributed by atoms with Crippen LogP contribution in [0.4, 0.5) is 0 Å². The molecule has 0 fully saturated rings. The number of methoxy groups -OCH3 is 1. The van der Waals surface area contributed by atoms with Crippen molar-refractivity contribution >= 4 is 33.6 Å². The summed E-state index contributed by atoms with van der Waals surface area (Å²) >= 11 is 0. The third kappa shape index (κ3) is 4.09. The highest BCUT2D eigenvalue weighted by Crippen LogP contribution is 2.41. The van der Waals surface area contributed by atoms with Gasteiger partial charge in [0.15, 0.2) is 0 Å². The van der Waals surface area contributed by atoms with E-state index in [1.807, 2.05) is 84.9 Å². The minimum absolute atomic E-state index is 0.210. The number of ether oxygens (including phenoxy) is 2. The van der Waals surface area contributed by atoms with E-state index in [-0.39, 0.29) is 5.75 Å². The van der Waals surface area contributed by atoms with E-state index < -0.39 is 5.97 Å². The monoisotopic (exact) mass is 446 g/mol. The fraction of sp³-hybridized carbons (Fsp3) is 0.0333. The van der Waals surface area contributed by atoms with Gasteiger partial charge in [0.05, 0.1) is 7.11 Å². The van der Waals surface area contributed by atoms with Gasteiger partial charge in [0, 0.05) is 16.8 Å². The van der Waals surface area contributed by atoms with E-state index in [4.69, 9.17) is 9.47 Å². The Kier molecular flexibility index (Phi) is 5.71. The van der Waals surface area contributed by atoms with Crippen LogP contribution in [0, 0.1) is 0 Å². The predicted octanol–water partition coefficient (Wildman–Crippen LogP) is 6.99. The van der Waals surface area contributed by atoms with Crippen molar-refractivity contribution < 1.29 is 19.4 Å². The largest absolute Gasteiger partial charge is 0.507 e. The van der Waals surface area contributed by atoms with E-state index >= 15 is 0 Å². The number of hydrogen-bond donors (Lipinski definition) is 1. The average molecular weight is 447 g/mol. The van der Waals surface area contributed by atoms with E-state index in [1.54, 1.807) is 25.3 Å². The van der Waals surface area contributed by atoms with Crippen LogP contribution in [0.1, 0.15) is 5.56 Å². The number of phenols is 1. The SMILES string of the molecule is COc1ccc(/C=C/C(=O)Oc2cccc3cccc(-c4cccc5cccc(O)c45)c23)cc1. The highest BCUT2D eigenvalue weighted by molar-refractivity contribution is 6.10. The molecule has 0 heterocycles. The molecule has 0 spiro atoms. The molecule has 4 nitrogen and oxygen atoms in total. The molecule has 166 valence electrons. The van der Waals surface area contributed by atoms with E-state index in [2.05, 4.69) is 0 Å². The van der Waals surface area contributed by atoms with Gasteiger partial charge in [-0.05, 0) is 57.8 Å². The van der Waals surface area contributed by atoms with Gasteiger partial charge in [0.2, 0.25) is 0 Å². The number of fused-ring (bicyclic) bond motifs is 2. The molecule has 5 aromatic carbocycles. The van der Waals surface area contributed by atoms with Crippen molar-refractivity contribution in [3.8, 4) is 28.4 Å². The first-order valence-electron chi connectivity index (χ1n) is 10.9. The van der Waals surface area contributed by atoms with Crippen molar-refractivity contribution in [3.05, 3.63) is 109 Å². The summed E-state index contributed by atoms with van der Waals surface area (Å²) in [5.41, 5.74) is 2.62. The molecular formula is C30H22O4. The van der Waals surface area contributed by atoms with Gasteiger partial charge >= 0.3 is 5.97 Å². The normalized spacial score (nSPS) is 11.2. The first-order valence-corrected chi connectivity index (χ1v) is 10.9. The van der Waals surface area contributed by atoms with Crippen LogP contribution in [-0.2, 0) is 4.79 Å². The van der Waals surface area contributed by atoms with Gasteiger partial charge in [-0.1, -0.05) is 72.8 Å². The summed E-state index contributed by atoms with van der Waals surface area (Å²) in [6.07, 6.45) is 3.11. The summed E-state index contributed by atoms with van der Waals surface area (Å²) in [7, 11) is 1.61. The third-order valence-corrected chi connectivity index (χ3v) is 5.78. The molecule has 0 saturated heterocycles. The average Bonchev–Trinajstić information content (AvgIpc) is 2.87. The van der Waals surface area contributed by atoms with Gasteiger partial charge in [-0.2, -0.15) is 0 Å². The van der Waals surface area contributed by atoms with Crippen LogP contribution in [0.2, 0.25) is 0 Å². The Hall–Kier alpha value is -4.57. The van der Waals surface area contributed by atoms with Gasteiger partial charge in [0.25, 0.3) is 0 Å². The molecule has 0 aliphatic heterocycles. The molecule has 4 heteroatoms. The van der Waals surface area contributed by atoms with Gasteiger partial charge < -0.3 is 14.6 Å². The highest BCUT2D eigenvalue weighted by atomic mass is 16.5. The lowest BCUT2D eigenvalue weighted by atomic mass is 9.93. The van der Waals surface area contributed by atoms with Crippen molar-refractivity contribution in [3.63, 3.8) is 0 Å². The Balaban J connectivity index is 1.55. The van der Waals surface area contributed by atoms with E-state index in [1.165, 1.54) is 6.08 Å². The molecule has 5 rings (SSSR count). The van der Waals surface area contributed by atoms with E-state index in [0.29, 0.717) is 5.75 Å². The predicted molar refractivity (Wildman–Crippen MR) is 136 cm³/mol. The Morgan fingerprint density at radius 1 is 0.735 bits per heavy atom. The summed E-state index contributed by atoms with van der Waals surface area (Å²) in [4.78, 5) is 12.7. The van der Waals surface area contributed by atoms with Crippen molar-refractivity contribution in [2.24, 2.45) is 0 Å². The standard InChI is InChI=1S/C30H22O4/c1-33-23-17-14-20(15-18-23)16-19-28(32)34-27-13-5-9-22-7-3-11-25(30(22)27)24-10-2-6-21-8-4-12-26(31)29(21)24/h2-19,31H,1H3/b19-16+. The molecule has 1 N–H and O–H groups in total. The lowest BCUT2D eigenvalue weighted by Crippen LogP contribution is -2.04. The maximum atomic E-state index is 12.7. The minimum atomic E-state index is -0.473. The molecule has 0 atom stereocenters. The minimum Gasteiger partial charge on any atom is -0.507 e. The van der Waals surface area contributed by atoms with Crippen LogP contribution in [0.15, 0.2) is 103 Å². The summed E-state index contributed by atoms with van der Waals surface area (Å²) in [5.74, 6) is 0.952. The molecule has 0 aliphatic rings. The number of hydrogen-bond acceptors (Lipinski definition) is 4. The van der Waals surface area contributed by atoms with Crippen molar-refractivity contribution in [2.45, 2.75) is 0 Å². The number of aromatic hydroxyl groups is 1.